The molecule has 114 valence electrons. The number of benzene rings is 1. The Labute approximate surface area is 125 Å². The number of nitrogens with zero attached hydrogens (tertiary/aromatic N) is 1. The van der Waals surface area contributed by atoms with Gasteiger partial charge in [0.15, 0.2) is 0 Å². The zero-order valence-electron chi connectivity index (χ0n) is 12.3. The summed E-state index contributed by atoms with van der Waals surface area (Å²) in [6.07, 6.45) is 2.11. The first-order valence-electron chi connectivity index (χ1n) is 7.33. The molecule has 1 aromatic carbocycles. The fourth-order valence-electron chi connectivity index (χ4n) is 2.25. The van der Waals surface area contributed by atoms with Crippen LogP contribution in [0.15, 0.2) is 30.3 Å². The number of carboxylic acid groups (broad SMARTS) is 1. The number of aliphatic carboxylic acids is 1. The molecule has 21 heavy (non-hydrogen) atoms. The predicted molar refractivity (Wildman–Crippen MR) is 79.7 cm³/mol. The smallest absolute Gasteiger partial charge is 0.307 e. The lowest BCUT2D eigenvalue weighted by Gasteiger charge is -2.23. The average molecular weight is 290 g/mol. The lowest BCUT2D eigenvalue weighted by Crippen LogP contribution is -2.41. The first-order chi connectivity index (χ1) is 10.1. The van der Waals surface area contributed by atoms with Crippen LogP contribution in [-0.4, -0.2) is 41.0 Å². The van der Waals surface area contributed by atoms with Crippen LogP contribution < -0.4 is 5.32 Å². The Hall–Kier alpha value is -1.88. The van der Waals surface area contributed by atoms with E-state index in [1.807, 2.05) is 35.2 Å². The molecular formula is C16H22N2O3. The van der Waals surface area contributed by atoms with Crippen LogP contribution in [0.2, 0.25) is 0 Å². The number of carbonyl (C=O) groups is 2. The van der Waals surface area contributed by atoms with Gasteiger partial charge >= 0.3 is 5.97 Å². The molecule has 0 aromatic heterocycles. The summed E-state index contributed by atoms with van der Waals surface area (Å²) < 4.78 is 0. The number of hydrogen-bond donors (Lipinski definition) is 2. The number of hydrogen-bond acceptors (Lipinski definition) is 3. The van der Waals surface area contributed by atoms with Crippen molar-refractivity contribution in [2.45, 2.75) is 32.4 Å². The highest BCUT2D eigenvalue weighted by atomic mass is 16.4. The van der Waals surface area contributed by atoms with Gasteiger partial charge in [0.1, 0.15) is 0 Å². The standard InChI is InChI=1S/C16H22N2O3/c1-12(16(20)21)10-18(14-7-8-14)11-15(19)17-9-13-5-3-2-4-6-13/h2-6,12,14H,7-11H2,1H3,(H,17,19)(H,20,21). The fourth-order valence-corrected chi connectivity index (χ4v) is 2.25. The van der Waals surface area contributed by atoms with Gasteiger partial charge in [-0.2, -0.15) is 0 Å². The summed E-state index contributed by atoms with van der Waals surface area (Å²) in [4.78, 5) is 24.9. The van der Waals surface area contributed by atoms with Crippen LogP contribution >= 0.6 is 0 Å². The Morgan fingerprint density at radius 3 is 2.57 bits per heavy atom. The van der Waals surface area contributed by atoms with E-state index in [9.17, 15) is 9.59 Å². The fraction of sp³-hybridized carbons (Fsp3) is 0.500. The van der Waals surface area contributed by atoms with Gasteiger partial charge in [0.05, 0.1) is 12.5 Å². The van der Waals surface area contributed by atoms with Gasteiger partial charge in [-0.05, 0) is 18.4 Å². The molecule has 1 aliphatic rings. The van der Waals surface area contributed by atoms with Crippen molar-refractivity contribution in [3.63, 3.8) is 0 Å². The van der Waals surface area contributed by atoms with Crippen LogP contribution in [0.4, 0.5) is 0 Å². The second-order valence-corrected chi connectivity index (χ2v) is 5.66. The molecule has 0 bridgehead atoms. The molecule has 1 aliphatic carbocycles. The third-order valence-electron chi connectivity index (χ3n) is 3.67. The number of nitrogens with one attached hydrogen (secondary N) is 1. The van der Waals surface area contributed by atoms with Gasteiger partial charge in [0, 0.05) is 19.1 Å². The van der Waals surface area contributed by atoms with E-state index in [0.29, 0.717) is 19.1 Å². The molecule has 2 N–H and O–H groups in total. The molecule has 1 amide bonds. The minimum absolute atomic E-state index is 0.0525. The summed E-state index contributed by atoms with van der Waals surface area (Å²) in [5, 5.41) is 11.9. The van der Waals surface area contributed by atoms with E-state index in [1.54, 1.807) is 6.92 Å². The molecule has 5 heteroatoms. The van der Waals surface area contributed by atoms with E-state index in [-0.39, 0.29) is 12.5 Å². The monoisotopic (exact) mass is 290 g/mol. The first-order valence-corrected chi connectivity index (χ1v) is 7.33. The van der Waals surface area contributed by atoms with Gasteiger partial charge < -0.3 is 10.4 Å². The van der Waals surface area contributed by atoms with Crippen molar-refractivity contribution in [1.82, 2.24) is 10.2 Å². The number of rotatable bonds is 8. The molecule has 0 saturated heterocycles. The average Bonchev–Trinajstić information content (AvgIpc) is 3.30. The highest BCUT2D eigenvalue weighted by Crippen LogP contribution is 2.27. The molecule has 1 fully saturated rings. The maximum Gasteiger partial charge on any atom is 0.307 e. The van der Waals surface area contributed by atoms with Crippen LogP contribution in [0.3, 0.4) is 0 Å². The van der Waals surface area contributed by atoms with E-state index in [1.165, 1.54) is 0 Å². The van der Waals surface area contributed by atoms with Crippen LogP contribution in [0.5, 0.6) is 0 Å². The topological polar surface area (TPSA) is 69.6 Å². The van der Waals surface area contributed by atoms with E-state index < -0.39 is 11.9 Å². The molecule has 1 atom stereocenters. The van der Waals surface area contributed by atoms with Gasteiger partial charge in [-0.25, -0.2) is 0 Å². The summed E-state index contributed by atoms with van der Waals surface area (Å²) in [7, 11) is 0. The molecular weight excluding hydrogens is 268 g/mol. The van der Waals surface area contributed by atoms with E-state index in [0.717, 1.165) is 18.4 Å². The Morgan fingerprint density at radius 1 is 1.33 bits per heavy atom. The molecule has 1 aromatic rings. The first kappa shape index (κ1) is 15.5. The minimum atomic E-state index is -0.814. The van der Waals surface area contributed by atoms with Crippen molar-refractivity contribution in [3.8, 4) is 0 Å². The number of carbonyl (C=O) groups excluding carboxylic acids is 1. The minimum Gasteiger partial charge on any atom is -0.481 e. The highest BCUT2D eigenvalue weighted by Gasteiger charge is 2.32. The normalized spacial score (nSPS) is 15.7. The SMILES string of the molecule is CC(CN(CC(=O)NCc1ccccc1)C1CC1)C(=O)O. The zero-order valence-corrected chi connectivity index (χ0v) is 12.3. The second-order valence-electron chi connectivity index (χ2n) is 5.66. The largest absolute Gasteiger partial charge is 0.481 e. The summed E-state index contributed by atoms with van der Waals surface area (Å²) in [5.74, 6) is -1.32. The van der Waals surface area contributed by atoms with Crippen LogP contribution in [0.25, 0.3) is 0 Å². The molecule has 0 radical (unpaired) electrons. The van der Waals surface area contributed by atoms with Gasteiger partial charge in [0.2, 0.25) is 5.91 Å². The van der Waals surface area contributed by atoms with Gasteiger partial charge in [-0.15, -0.1) is 0 Å². The maximum atomic E-state index is 12.0. The molecule has 0 heterocycles. The Kier molecular flexibility index (Phi) is 5.33. The van der Waals surface area contributed by atoms with Crippen molar-refractivity contribution in [2.24, 2.45) is 5.92 Å². The highest BCUT2D eigenvalue weighted by molar-refractivity contribution is 5.78. The Balaban J connectivity index is 1.80. The third-order valence-corrected chi connectivity index (χ3v) is 3.67. The Bertz CT molecular complexity index is 486. The predicted octanol–water partition coefficient (Wildman–Crippen LogP) is 1.49. The van der Waals surface area contributed by atoms with E-state index in [2.05, 4.69) is 5.32 Å². The second kappa shape index (κ2) is 7.22. The molecule has 0 aliphatic heterocycles. The third kappa shape index (κ3) is 5.19. The number of carboxylic acids is 1. The van der Waals surface area contributed by atoms with Crippen molar-refractivity contribution in [2.75, 3.05) is 13.1 Å². The quantitative estimate of drug-likeness (QED) is 0.761. The summed E-state index contributed by atoms with van der Waals surface area (Å²) in [5.41, 5.74) is 1.06. The molecule has 1 saturated carbocycles. The molecule has 0 spiro atoms. The summed E-state index contributed by atoms with van der Waals surface area (Å²) in [6.45, 7) is 2.89. The molecule has 5 nitrogen and oxygen atoms in total. The van der Waals surface area contributed by atoms with Crippen LogP contribution in [-0.2, 0) is 16.1 Å². The summed E-state index contributed by atoms with van der Waals surface area (Å²) in [6, 6.07) is 10.1. The van der Waals surface area contributed by atoms with Crippen molar-refractivity contribution >= 4 is 11.9 Å². The zero-order chi connectivity index (χ0) is 15.2. The molecule has 2 rings (SSSR count). The van der Waals surface area contributed by atoms with E-state index >= 15 is 0 Å². The van der Waals surface area contributed by atoms with Gasteiger partial charge in [-0.3, -0.25) is 14.5 Å². The lowest BCUT2D eigenvalue weighted by atomic mass is 10.1. The Morgan fingerprint density at radius 2 is 2.00 bits per heavy atom. The molecule has 1 unspecified atom stereocenters. The maximum absolute atomic E-state index is 12.0. The van der Waals surface area contributed by atoms with Gasteiger partial charge in [0.25, 0.3) is 0 Å². The van der Waals surface area contributed by atoms with Crippen molar-refractivity contribution in [3.05, 3.63) is 35.9 Å². The summed E-state index contributed by atoms with van der Waals surface area (Å²) >= 11 is 0. The number of amides is 1. The lowest BCUT2D eigenvalue weighted by molar-refractivity contribution is -0.142. The van der Waals surface area contributed by atoms with Crippen LogP contribution in [0, 0.1) is 5.92 Å². The van der Waals surface area contributed by atoms with Crippen molar-refractivity contribution < 1.29 is 14.7 Å². The van der Waals surface area contributed by atoms with E-state index in [4.69, 9.17) is 5.11 Å². The van der Waals surface area contributed by atoms with Crippen LogP contribution in [0.1, 0.15) is 25.3 Å². The van der Waals surface area contributed by atoms with Gasteiger partial charge in [-0.1, -0.05) is 37.3 Å². The van der Waals surface area contributed by atoms with Crippen molar-refractivity contribution in [1.29, 1.82) is 0 Å².